The summed E-state index contributed by atoms with van der Waals surface area (Å²) in [7, 11) is 0. The second kappa shape index (κ2) is 9.18. The van der Waals surface area contributed by atoms with Crippen LogP contribution in [0.1, 0.15) is 13.3 Å². The maximum atomic E-state index is 9.75. The summed E-state index contributed by atoms with van der Waals surface area (Å²) >= 11 is 0. The van der Waals surface area contributed by atoms with Crippen LogP contribution in [0.4, 0.5) is 0 Å². The molecule has 10 heteroatoms. The first-order chi connectivity index (χ1) is 10.7. The minimum Gasteiger partial charge on any atom is -0.394 e. The highest BCUT2D eigenvalue weighted by Gasteiger charge is 2.44. The highest BCUT2D eigenvalue weighted by atomic mass is 16.7. The molecule has 1 aliphatic heterocycles. The highest BCUT2D eigenvalue weighted by molar-refractivity contribution is 4.89. The molecule has 9 atom stereocenters. The van der Waals surface area contributed by atoms with Crippen molar-refractivity contribution in [1.82, 2.24) is 0 Å². The molecule has 0 aromatic rings. The fourth-order valence-corrected chi connectivity index (χ4v) is 2.19. The Kier molecular flexibility index (Phi) is 8.24. The number of rotatable bonds is 8. The quantitative estimate of drug-likeness (QED) is 0.215. The van der Waals surface area contributed by atoms with Gasteiger partial charge in [-0.1, -0.05) is 6.92 Å². The smallest absolute Gasteiger partial charge is 0.186 e. The lowest BCUT2D eigenvalue weighted by atomic mass is 9.99. The number of ether oxygens (including phenoxy) is 2. The van der Waals surface area contributed by atoms with E-state index in [0.717, 1.165) is 0 Å². The lowest BCUT2D eigenvalue weighted by Crippen LogP contribution is -2.59. The third-order valence-corrected chi connectivity index (χ3v) is 3.84. The van der Waals surface area contributed by atoms with E-state index in [1.54, 1.807) is 6.92 Å². The zero-order valence-electron chi connectivity index (χ0n) is 12.7. The van der Waals surface area contributed by atoms with Gasteiger partial charge in [-0.3, -0.25) is 0 Å². The van der Waals surface area contributed by atoms with Gasteiger partial charge in [0, 0.05) is 0 Å². The maximum absolute atomic E-state index is 9.75. The molecular formula is C13H26O10. The molecule has 1 aliphatic rings. The van der Waals surface area contributed by atoms with Gasteiger partial charge in [0.15, 0.2) is 6.29 Å². The highest BCUT2D eigenvalue weighted by Crippen LogP contribution is 2.22. The van der Waals surface area contributed by atoms with Crippen molar-refractivity contribution in [3.8, 4) is 0 Å². The van der Waals surface area contributed by atoms with E-state index in [1.165, 1.54) is 0 Å². The standard InChI is InChI=1S/C13H26O10/c1-2-5(15)8(17)9(18)6(16)4-22-13-12(21)11(20)10(19)7(3-14)23-13/h5-21H,2-4H2,1H3/t5?,6?,7?,8?,9-,10+,11?,12?,13+/m1/s1. The molecule has 138 valence electrons. The number of hydrogen-bond donors (Lipinski definition) is 8. The van der Waals surface area contributed by atoms with Crippen molar-refractivity contribution in [3.63, 3.8) is 0 Å². The lowest BCUT2D eigenvalue weighted by molar-refractivity contribution is -0.306. The Hall–Kier alpha value is -0.400. The Balaban J connectivity index is 2.55. The van der Waals surface area contributed by atoms with Crippen molar-refractivity contribution in [2.24, 2.45) is 0 Å². The van der Waals surface area contributed by atoms with Crippen molar-refractivity contribution < 1.29 is 50.3 Å². The molecule has 8 N–H and O–H groups in total. The summed E-state index contributed by atoms with van der Waals surface area (Å²) in [5.41, 5.74) is 0. The van der Waals surface area contributed by atoms with E-state index in [9.17, 15) is 35.7 Å². The van der Waals surface area contributed by atoms with Gasteiger partial charge in [-0.25, -0.2) is 0 Å². The van der Waals surface area contributed by atoms with E-state index in [4.69, 9.17) is 14.6 Å². The van der Waals surface area contributed by atoms with Gasteiger partial charge in [-0.15, -0.1) is 0 Å². The van der Waals surface area contributed by atoms with Crippen molar-refractivity contribution in [3.05, 3.63) is 0 Å². The topological polar surface area (TPSA) is 180 Å². The number of aliphatic hydroxyl groups is 8. The van der Waals surface area contributed by atoms with Crippen LogP contribution in [0.5, 0.6) is 0 Å². The monoisotopic (exact) mass is 342 g/mol. The van der Waals surface area contributed by atoms with Gasteiger partial charge in [0.25, 0.3) is 0 Å². The van der Waals surface area contributed by atoms with Crippen LogP contribution in [0.25, 0.3) is 0 Å². The Morgan fingerprint density at radius 2 is 1.48 bits per heavy atom. The third kappa shape index (κ3) is 5.03. The van der Waals surface area contributed by atoms with Gasteiger partial charge in [0.1, 0.15) is 42.7 Å². The third-order valence-electron chi connectivity index (χ3n) is 3.84. The summed E-state index contributed by atoms with van der Waals surface area (Å²) < 4.78 is 10.1. The van der Waals surface area contributed by atoms with E-state index >= 15 is 0 Å². The van der Waals surface area contributed by atoms with E-state index < -0.39 is 68.3 Å². The van der Waals surface area contributed by atoms with Gasteiger partial charge in [-0.05, 0) is 6.42 Å². The summed E-state index contributed by atoms with van der Waals surface area (Å²) in [5, 5.41) is 76.4. The first kappa shape index (κ1) is 20.6. The molecule has 0 saturated carbocycles. The predicted molar refractivity (Wildman–Crippen MR) is 74.0 cm³/mol. The molecule has 0 aromatic carbocycles. The van der Waals surface area contributed by atoms with Crippen LogP contribution in [0.15, 0.2) is 0 Å². The van der Waals surface area contributed by atoms with Crippen molar-refractivity contribution in [2.45, 2.75) is 68.5 Å². The second-order valence-corrected chi connectivity index (χ2v) is 5.55. The van der Waals surface area contributed by atoms with Crippen molar-refractivity contribution >= 4 is 0 Å². The second-order valence-electron chi connectivity index (χ2n) is 5.55. The predicted octanol–water partition coefficient (Wildman–Crippen LogP) is -4.34. The Morgan fingerprint density at radius 1 is 0.913 bits per heavy atom. The van der Waals surface area contributed by atoms with Gasteiger partial charge < -0.3 is 50.3 Å². The molecule has 0 radical (unpaired) electrons. The van der Waals surface area contributed by atoms with Crippen LogP contribution in [0.2, 0.25) is 0 Å². The zero-order chi connectivity index (χ0) is 17.7. The number of hydrogen-bond acceptors (Lipinski definition) is 10. The van der Waals surface area contributed by atoms with Gasteiger partial charge in [0.2, 0.25) is 0 Å². The SMILES string of the molecule is CCC(O)C(O)[C@H](O)C(O)CO[C@H]1OC(CO)[C@H](O)C(O)C1O. The van der Waals surface area contributed by atoms with E-state index in [2.05, 4.69) is 0 Å². The molecule has 1 rings (SSSR count). The molecular weight excluding hydrogens is 316 g/mol. The fourth-order valence-electron chi connectivity index (χ4n) is 2.19. The Labute approximate surface area is 133 Å². The van der Waals surface area contributed by atoms with Crippen LogP contribution in [-0.4, -0.2) is 109 Å². The van der Waals surface area contributed by atoms with E-state index in [-0.39, 0.29) is 6.42 Å². The van der Waals surface area contributed by atoms with Gasteiger partial charge in [-0.2, -0.15) is 0 Å². The summed E-state index contributed by atoms with van der Waals surface area (Å²) in [6.45, 7) is 0.367. The van der Waals surface area contributed by atoms with Crippen LogP contribution < -0.4 is 0 Å². The largest absolute Gasteiger partial charge is 0.394 e. The van der Waals surface area contributed by atoms with Crippen molar-refractivity contribution in [1.29, 1.82) is 0 Å². The lowest BCUT2D eigenvalue weighted by Gasteiger charge is -2.40. The molecule has 1 heterocycles. The summed E-state index contributed by atoms with van der Waals surface area (Å²) in [6, 6.07) is 0. The first-order valence-corrected chi connectivity index (χ1v) is 7.38. The molecule has 10 nitrogen and oxygen atoms in total. The normalized spacial score (nSPS) is 37.2. The maximum Gasteiger partial charge on any atom is 0.186 e. The van der Waals surface area contributed by atoms with E-state index in [1.807, 2.05) is 0 Å². The van der Waals surface area contributed by atoms with Crippen molar-refractivity contribution in [2.75, 3.05) is 13.2 Å². The molecule has 23 heavy (non-hydrogen) atoms. The molecule has 0 aromatic heterocycles. The average Bonchev–Trinajstić information content (AvgIpc) is 2.56. The minimum absolute atomic E-state index is 0.165. The molecule has 6 unspecified atom stereocenters. The fraction of sp³-hybridized carbons (Fsp3) is 1.00. The Bertz CT molecular complexity index is 341. The molecule has 0 aliphatic carbocycles. The summed E-state index contributed by atoms with van der Waals surface area (Å²) in [4.78, 5) is 0. The van der Waals surface area contributed by atoms with E-state index in [0.29, 0.717) is 0 Å². The Morgan fingerprint density at radius 3 is 2.00 bits per heavy atom. The molecule has 1 saturated heterocycles. The van der Waals surface area contributed by atoms with Crippen LogP contribution in [-0.2, 0) is 9.47 Å². The van der Waals surface area contributed by atoms with Gasteiger partial charge in [0.05, 0.1) is 19.3 Å². The molecule has 0 bridgehead atoms. The van der Waals surface area contributed by atoms with Gasteiger partial charge >= 0.3 is 0 Å². The number of aliphatic hydroxyl groups excluding tert-OH is 8. The summed E-state index contributed by atoms with van der Waals surface area (Å²) in [5.74, 6) is 0. The molecule has 0 spiro atoms. The molecule has 0 amide bonds. The minimum atomic E-state index is -1.70. The van der Waals surface area contributed by atoms with Crippen LogP contribution in [0, 0.1) is 0 Å². The average molecular weight is 342 g/mol. The van der Waals surface area contributed by atoms with Crippen LogP contribution >= 0.6 is 0 Å². The summed E-state index contributed by atoms with van der Waals surface area (Å²) in [6.07, 6.45) is -13.4. The van der Waals surface area contributed by atoms with Crippen LogP contribution in [0.3, 0.4) is 0 Å². The zero-order valence-corrected chi connectivity index (χ0v) is 12.7. The molecule has 1 fully saturated rings. The first-order valence-electron chi connectivity index (χ1n) is 7.38.